The summed E-state index contributed by atoms with van der Waals surface area (Å²) in [4.78, 5) is 16.2. The topological polar surface area (TPSA) is 55.8 Å². The van der Waals surface area contributed by atoms with E-state index in [1.165, 1.54) is 0 Å². The molecule has 1 saturated heterocycles. The van der Waals surface area contributed by atoms with E-state index in [0.29, 0.717) is 19.0 Å². The number of aliphatic carboxylic acids is 1. The molecule has 1 fully saturated rings. The Morgan fingerprint density at radius 1 is 1.42 bits per heavy atom. The predicted molar refractivity (Wildman–Crippen MR) is 77.5 cm³/mol. The van der Waals surface area contributed by atoms with Crippen LogP contribution < -0.4 is 5.32 Å². The van der Waals surface area contributed by atoms with E-state index in [9.17, 15) is 9.90 Å². The van der Waals surface area contributed by atoms with Crippen LogP contribution in [0, 0.1) is 0 Å². The van der Waals surface area contributed by atoms with E-state index in [1.807, 2.05) is 6.92 Å². The van der Waals surface area contributed by atoms with E-state index >= 15 is 0 Å². The van der Waals surface area contributed by atoms with Crippen LogP contribution in [0.15, 0.2) is 0 Å². The smallest absolute Gasteiger partial charge is 0.323 e. The molecule has 0 aromatic heterocycles. The summed E-state index contributed by atoms with van der Waals surface area (Å²) in [5, 5.41) is 12.4. The Balaban J connectivity index is 2.49. The summed E-state index contributed by atoms with van der Waals surface area (Å²) in [5.41, 5.74) is -0.806. The summed E-state index contributed by atoms with van der Waals surface area (Å²) in [5.74, 6) is -0.754. The average Bonchev–Trinajstić information content (AvgIpc) is 2.38. The van der Waals surface area contributed by atoms with E-state index in [1.54, 1.807) is 6.92 Å². The maximum Gasteiger partial charge on any atom is 0.323 e. The second-order valence-corrected chi connectivity index (χ2v) is 5.76. The molecular weight excluding hydrogens is 242 g/mol. The van der Waals surface area contributed by atoms with Gasteiger partial charge in [-0.1, -0.05) is 13.8 Å². The summed E-state index contributed by atoms with van der Waals surface area (Å²) in [6, 6.07) is 0.601. The largest absolute Gasteiger partial charge is 0.480 e. The minimum absolute atomic E-state index is 0.601. The lowest BCUT2D eigenvalue weighted by Crippen LogP contribution is -2.55. The van der Waals surface area contributed by atoms with Crippen molar-refractivity contribution in [3.05, 3.63) is 0 Å². The van der Waals surface area contributed by atoms with Crippen molar-refractivity contribution in [3.8, 4) is 0 Å². The molecule has 0 saturated carbocycles. The first-order valence-corrected chi connectivity index (χ1v) is 7.34. The molecule has 0 spiro atoms. The molecule has 1 rings (SSSR count). The third-order valence-corrected chi connectivity index (χ3v) is 4.30. The van der Waals surface area contributed by atoms with Gasteiger partial charge >= 0.3 is 5.97 Å². The number of hydrogen-bond donors (Lipinski definition) is 2. The van der Waals surface area contributed by atoms with Crippen molar-refractivity contribution in [2.24, 2.45) is 0 Å². The van der Waals surface area contributed by atoms with Gasteiger partial charge in [0.25, 0.3) is 0 Å². The van der Waals surface area contributed by atoms with Gasteiger partial charge in [-0.25, -0.2) is 0 Å². The molecular formula is C14H29N3O2. The van der Waals surface area contributed by atoms with Gasteiger partial charge in [0.05, 0.1) is 0 Å². The fraction of sp³-hybridized carbons (Fsp3) is 0.929. The van der Waals surface area contributed by atoms with Gasteiger partial charge < -0.3 is 20.2 Å². The van der Waals surface area contributed by atoms with E-state index in [-0.39, 0.29) is 0 Å². The molecule has 0 aromatic rings. The molecule has 1 aliphatic heterocycles. The predicted octanol–water partition coefficient (Wildman–Crippen LogP) is 0.855. The molecule has 2 unspecified atom stereocenters. The van der Waals surface area contributed by atoms with Crippen LogP contribution in [0.3, 0.4) is 0 Å². The normalized spacial score (nSPS) is 25.2. The number of hydrogen-bond acceptors (Lipinski definition) is 4. The number of carbonyl (C=O) groups is 1. The van der Waals surface area contributed by atoms with Gasteiger partial charge in [-0.2, -0.15) is 0 Å². The molecule has 1 aliphatic rings. The standard InChI is InChI=1S/C14H29N3O2/c1-5-12-11-17(10-9-16(12)4)8-7-14(3,13(18)19)15-6-2/h12,15H,5-11H2,1-4H3,(H,18,19). The van der Waals surface area contributed by atoms with E-state index in [0.717, 1.165) is 32.6 Å². The fourth-order valence-corrected chi connectivity index (χ4v) is 2.70. The van der Waals surface area contributed by atoms with Crippen LogP contribution in [0.25, 0.3) is 0 Å². The van der Waals surface area contributed by atoms with Crippen LogP contribution in [0.1, 0.15) is 33.6 Å². The Hall–Kier alpha value is -0.650. The molecule has 2 atom stereocenters. The number of nitrogens with one attached hydrogen (secondary N) is 1. The Kier molecular flexibility index (Phi) is 6.23. The van der Waals surface area contributed by atoms with Gasteiger partial charge in [0.1, 0.15) is 5.54 Å². The Labute approximate surface area is 117 Å². The van der Waals surface area contributed by atoms with Crippen molar-refractivity contribution < 1.29 is 9.90 Å². The number of likely N-dealkylation sites (N-methyl/N-ethyl adjacent to an activating group) is 2. The highest BCUT2D eigenvalue weighted by atomic mass is 16.4. The zero-order valence-corrected chi connectivity index (χ0v) is 12.8. The summed E-state index contributed by atoms with van der Waals surface area (Å²) >= 11 is 0. The minimum atomic E-state index is -0.806. The molecule has 112 valence electrons. The lowest BCUT2D eigenvalue weighted by molar-refractivity contribution is -0.144. The van der Waals surface area contributed by atoms with Crippen LogP contribution in [-0.4, -0.2) is 72.2 Å². The first-order valence-electron chi connectivity index (χ1n) is 7.34. The zero-order valence-electron chi connectivity index (χ0n) is 12.8. The van der Waals surface area contributed by atoms with Gasteiger partial charge in [-0.15, -0.1) is 0 Å². The third kappa shape index (κ3) is 4.44. The van der Waals surface area contributed by atoms with Crippen molar-refractivity contribution in [1.29, 1.82) is 0 Å². The second-order valence-electron chi connectivity index (χ2n) is 5.76. The highest BCUT2D eigenvalue weighted by Crippen LogP contribution is 2.15. The summed E-state index contributed by atoms with van der Waals surface area (Å²) in [7, 11) is 2.17. The van der Waals surface area contributed by atoms with E-state index < -0.39 is 11.5 Å². The fourth-order valence-electron chi connectivity index (χ4n) is 2.70. The molecule has 2 N–H and O–H groups in total. The van der Waals surface area contributed by atoms with Gasteiger partial charge in [-0.3, -0.25) is 4.79 Å². The zero-order chi connectivity index (χ0) is 14.5. The van der Waals surface area contributed by atoms with Crippen molar-refractivity contribution in [2.45, 2.75) is 45.2 Å². The third-order valence-electron chi connectivity index (χ3n) is 4.30. The number of carboxylic acid groups (broad SMARTS) is 1. The van der Waals surface area contributed by atoms with Crippen LogP contribution in [0.4, 0.5) is 0 Å². The van der Waals surface area contributed by atoms with Crippen LogP contribution in [-0.2, 0) is 4.79 Å². The molecule has 0 bridgehead atoms. The minimum Gasteiger partial charge on any atom is -0.480 e. The average molecular weight is 271 g/mol. The van der Waals surface area contributed by atoms with Crippen molar-refractivity contribution >= 4 is 5.97 Å². The van der Waals surface area contributed by atoms with Gasteiger partial charge in [-0.05, 0) is 33.4 Å². The summed E-state index contributed by atoms with van der Waals surface area (Å²) in [6.45, 7) is 10.6. The monoisotopic (exact) mass is 271 g/mol. The molecule has 5 heteroatoms. The van der Waals surface area contributed by atoms with Gasteiger partial charge in [0, 0.05) is 32.2 Å². The number of rotatable bonds is 7. The molecule has 0 aliphatic carbocycles. The van der Waals surface area contributed by atoms with Gasteiger partial charge in [0.2, 0.25) is 0 Å². The lowest BCUT2D eigenvalue weighted by Gasteiger charge is -2.40. The molecule has 5 nitrogen and oxygen atoms in total. The van der Waals surface area contributed by atoms with E-state index in [4.69, 9.17) is 0 Å². The highest BCUT2D eigenvalue weighted by Gasteiger charge is 2.33. The molecule has 0 aromatic carbocycles. The van der Waals surface area contributed by atoms with E-state index in [2.05, 4.69) is 29.1 Å². The Bertz CT molecular complexity index is 298. The first-order chi connectivity index (χ1) is 8.92. The quantitative estimate of drug-likeness (QED) is 0.719. The van der Waals surface area contributed by atoms with Crippen LogP contribution >= 0.6 is 0 Å². The second kappa shape index (κ2) is 7.22. The van der Waals surface area contributed by atoms with Crippen molar-refractivity contribution in [3.63, 3.8) is 0 Å². The summed E-state index contributed by atoms with van der Waals surface area (Å²) in [6.07, 6.45) is 1.80. The number of nitrogens with zero attached hydrogens (tertiary/aromatic N) is 2. The Morgan fingerprint density at radius 3 is 2.63 bits per heavy atom. The maximum absolute atomic E-state index is 11.4. The highest BCUT2D eigenvalue weighted by molar-refractivity contribution is 5.78. The Morgan fingerprint density at radius 2 is 2.11 bits per heavy atom. The van der Waals surface area contributed by atoms with Crippen molar-refractivity contribution in [1.82, 2.24) is 15.1 Å². The molecule has 0 radical (unpaired) electrons. The molecule has 19 heavy (non-hydrogen) atoms. The molecule has 1 heterocycles. The summed E-state index contributed by atoms with van der Waals surface area (Å²) < 4.78 is 0. The van der Waals surface area contributed by atoms with Gasteiger partial charge in [0.15, 0.2) is 0 Å². The lowest BCUT2D eigenvalue weighted by atomic mass is 9.97. The van der Waals surface area contributed by atoms with Crippen molar-refractivity contribution in [2.75, 3.05) is 39.8 Å². The first kappa shape index (κ1) is 16.4. The molecule has 0 amide bonds. The van der Waals surface area contributed by atoms with Crippen LogP contribution in [0.2, 0.25) is 0 Å². The number of carboxylic acids is 1. The SMILES string of the molecule is CCNC(C)(CCN1CCN(C)C(CC)C1)C(=O)O. The number of piperazine rings is 1. The van der Waals surface area contributed by atoms with Crippen LogP contribution in [0.5, 0.6) is 0 Å². The maximum atomic E-state index is 11.4.